The zero-order valence-corrected chi connectivity index (χ0v) is 17.4. The highest BCUT2D eigenvalue weighted by atomic mass is 35.5. The lowest BCUT2D eigenvalue weighted by Crippen LogP contribution is -2.50. The van der Waals surface area contributed by atoms with Crippen molar-refractivity contribution < 1.29 is 17.9 Å². The molecule has 1 aromatic rings. The lowest BCUT2D eigenvalue weighted by Gasteiger charge is -2.33. The average Bonchev–Trinajstić information content (AvgIpc) is 2.49. The zero-order chi connectivity index (χ0) is 19.5. The number of ether oxygens (including phenoxy) is 1. The lowest BCUT2D eigenvalue weighted by atomic mass is 10.1. The van der Waals surface area contributed by atoms with Gasteiger partial charge in [-0.3, -0.25) is 0 Å². The van der Waals surface area contributed by atoms with Crippen molar-refractivity contribution in [2.24, 2.45) is 0 Å². The van der Waals surface area contributed by atoms with Crippen LogP contribution in [0, 0.1) is 0 Å². The highest BCUT2D eigenvalue weighted by molar-refractivity contribution is 7.88. The second-order valence-electron chi connectivity index (χ2n) is 7.34. The van der Waals surface area contributed by atoms with E-state index in [1.807, 2.05) is 0 Å². The molecule has 9 heteroatoms. The predicted octanol–water partition coefficient (Wildman–Crippen LogP) is 3.81. The SMILES string of the molecule is CC(C)(C)OC(=O)N[C@H]1CCCN(S(=O)(=O)Cc2cc(Cl)ccc2Cl)C1. The van der Waals surface area contributed by atoms with E-state index in [-0.39, 0.29) is 18.3 Å². The number of carbonyl (C=O) groups excluding carboxylic acids is 1. The van der Waals surface area contributed by atoms with Crippen LogP contribution in [0.25, 0.3) is 0 Å². The minimum absolute atomic E-state index is 0.208. The molecule has 26 heavy (non-hydrogen) atoms. The Hall–Kier alpha value is -1.02. The van der Waals surface area contributed by atoms with Gasteiger partial charge in [0, 0.05) is 29.2 Å². The highest BCUT2D eigenvalue weighted by Gasteiger charge is 2.31. The summed E-state index contributed by atoms with van der Waals surface area (Å²) in [6.07, 6.45) is 0.811. The molecule has 1 atom stereocenters. The third kappa shape index (κ3) is 6.30. The quantitative estimate of drug-likeness (QED) is 0.799. The van der Waals surface area contributed by atoms with Crippen LogP contribution in [0.2, 0.25) is 10.0 Å². The molecular formula is C17H24Cl2N2O4S. The number of halogens is 2. The Bertz CT molecular complexity index is 763. The first-order valence-electron chi connectivity index (χ1n) is 8.37. The van der Waals surface area contributed by atoms with Gasteiger partial charge in [0.2, 0.25) is 10.0 Å². The standard InChI is InChI=1S/C17H24Cl2N2O4S/c1-17(2,3)25-16(22)20-14-5-4-8-21(10-14)26(23,24)11-12-9-13(18)6-7-15(12)19/h6-7,9,14H,4-5,8,10-11H2,1-3H3,(H,20,22)/t14-/m0/s1. The van der Waals surface area contributed by atoms with E-state index in [2.05, 4.69) is 5.32 Å². The van der Waals surface area contributed by atoms with Crippen LogP contribution in [0.15, 0.2) is 18.2 Å². The summed E-state index contributed by atoms with van der Waals surface area (Å²) in [5, 5.41) is 3.54. The zero-order valence-electron chi connectivity index (χ0n) is 15.1. The molecule has 1 heterocycles. The lowest BCUT2D eigenvalue weighted by molar-refractivity contribution is 0.0487. The first-order valence-corrected chi connectivity index (χ1v) is 10.7. The largest absolute Gasteiger partial charge is 0.444 e. The molecule has 1 aliphatic heterocycles. The van der Waals surface area contributed by atoms with Gasteiger partial charge in [-0.25, -0.2) is 13.2 Å². The number of sulfonamides is 1. The van der Waals surface area contributed by atoms with Crippen LogP contribution in [0.1, 0.15) is 39.2 Å². The fourth-order valence-electron chi connectivity index (χ4n) is 2.73. The van der Waals surface area contributed by atoms with Gasteiger partial charge in [0.15, 0.2) is 0 Å². The number of hydrogen-bond acceptors (Lipinski definition) is 4. The van der Waals surface area contributed by atoms with E-state index in [1.165, 1.54) is 4.31 Å². The van der Waals surface area contributed by atoms with E-state index in [0.29, 0.717) is 35.0 Å². The Morgan fingerprint density at radius 3 is 2.69 bits per heavy atom. The number of nitrogens with zero attached hydrogens (tertiary/aromatic N) is 1. The average molecular weight is 423 g/mol. The van der Waals surface area contributed by atoms with Crippen molar-refractivity contribution in [3.63, 3.8) is 0 Å². The monoisotopic (exact) mass is 422 g/mol. The Kier molecular flexibility index (Phi) is 6.82. The van der Waals surface area contributed by atoms with Gasteiger partial charge < -0.3 is 10.1 Å². The van der Waals surface area contributed by atoms with Gasteiger partial charge in [-0.15, -0.1) is 0 Å². The summed E-state index contributed by atoms with van der Waals surface area (Å²) in [5.41, 5.74) is -0.144. The molecule has 1 aliphatic rings. The van der Waals surface area contributed by atoms with E-state index in [9.17, 15) is 13.2 Å². The van der Waals surface area contributed by atoms with Crippen molar-refractivity contribution in [1.82, 2.24) is 9.62 Å². The van der Waals surface area contributed by atoms with Gasteiger partial charge in [0.05, 0.1) is 5.75 Å². The van der Waals surface area contributed by atoms with Crippen LogP contribution >= 0.6 is 23.2 Å². The van der Waals surface area contributed by atoms with Crippen molar-refractivity contribution in [3.8, 4) is 0 Å². The van der Waals surface area contributed by atoms with Gasteiger partial charge in [-0.05, 0) is 57.4 Å². The molecule has 1 aromatic carbocycles. The number of amides is 1. The van der Waals surface area contributed by atoms with E-state index >= 15 is 0 Å². The number of rotatable bonds is 4. The van der Waals surface area contributed by atoms with E-state index in [4.69, 9.17) is 27.9 Å². The van der Waals surface area contributed by atoms with Crippen molar-refractivity contribution in [2.45, 2.75) is 51.0 Å². The second-order valence-corrected chi connectivity index (χ2v) is 10.1. The van der Waals surface area contributed by atoms with Gasteiger partial charge in [0.1, 0.15) is 5.60 Å². The number of carbonyl (C=O) groups is 1. The number of nitrogens with one attached hydrogen (secondary N) is 1. The molecular weight excluding hydrogens is 399 g/mol. The minimum atomic E-state index is -3.58. The van der Waals surface area contributed by atoms with Crippen LogP contribution in [0.5, 0.6) is 0 Å². The molecule has 146 valence electrons. The summed E-state index contributed by atoms with van der Waals surface area (Å²) in [4.78, 5) is 11.9. The van der Waals surface area contributed by atoms with Crippen LogP contribution in [-0.2, 0) is 20.5 Å². The van der Waals surface area contributed by atoms with Crippen LogP contribution in [0.4, 0.5) is 4.79 Å². The summed E-state index contributed by atoms with van der Waals surface area (Å²) in [7, 11) is -3.58. The maximum absolute atomic E-state index is 12.8. The second kappa shape index (κ2) is 8.33. The Labute approximate surface area is 164 Å². The number of benzene rings is 1. The Morgan fingerprint density at radius 1 is 1.35 bits per heavy atom. The maximum Gasteiger partial charge on any atom is 0.407 e. The molecule has 0 aromatic heterocycles. The van der Waals surface area contributed by atoms with Crippen molar-refractivity contribution in [2.75, 3.05) is 13.1 Å². The summed E-state index contributed by atoms with van der Waals surface area (Å²) in [6, 6.07) is 4.46. The molecule has 0 radical (unpaired) electrons. The number of piperidine rings is 1. The fourth-order valence-corrected chi connectivity index (χ4v) is 4.82. The highest BCUT2D eigenvalue weighted by Crippen LogP contribution is 2.25. The van der Waals surface area contributed by atoms with Gasteiger partial charge in [-0.2, -0.15) is 4.31 Å². The smallest absolute Gasteiger partial charge is 0.407 e. The molecule has 6 nitrogen and oxygen atoms in total. The molecule has 0 spiro atoms. The predicted molar refractivity (Wildman–Crippen MR) is 103 cm³/mol. The summed E-state index contributed by atoms with van der Waals surface area (Å²) >= 11 is 12.0. The normalized spacial score (nSPS) is 19.2. The van der Waals surface area contributed by atoms with Gasteiger partial charge in [-0.1, -0.05) is 23.2 Å². The first kappa shape index (κ1) is 21.3. The fraction of sp³-hybridized carbons (Fsp3) is 0.588. The van der Waals surface area contributed by atoms with Crippen molar-refractivity contribution in [1.29, 1.82) is 0 Å². The van der Waals surface area contributed by atoms with Crippen LogP contribution in [0.3, 0.4) is 0 Å². The minimum Gasteiger partial charge on any atom is -0.444 e. The topological polar surface area (TPSA) is 75.7 Å². The number of hydrogen-bond donors (Lipinski definition) is 1. The summed E-state index contributed by atoms with van der Waals surface area (Å²) in [5.74, 6) is -0.231. The van der Waals surface area contributed by atoms with Crippen LogP contribution in [-0.4, -0.2) is 43.5 Å². The third-order valence-electron chi connectivity index (χ3n) is 3.84. The van der Waals surface area contributed by atoms with Crippen molar-refractivity contribution >= 4 is 39.3 Å². The molecule has 2 rings (SSSR count). The Balaban J connectivity index is 2.03. The molecule has 1 N–H and O–H groups in total. The molecule has 1 amide bonds. The van der Waals surface area contributed by atoms with Gasteiger partial charge >= 0.3 is 6.09 Å². The summed E-state index contributed by atoms with van der Waals surface area (Å²) < 4.78 is 32.1. The van der Waals surface area contributed by atoms with Crippen molar-refractivity contribution in [3.05, 3.63) is 33.8 Å². The van der Waals surface area contributed by atoms with E-state index < -0.39 is 21.7 Å². The van der Waals surface area contributed by atoms with Gasteiger partial charge in [0.25, 0.3) is 0 Å². The van der Waals surface area contributed by atoms with Crippen LogP contribution < -0.4 is 5.32 Å². The molecule has 1 saturated heterocycles. The molecule has 0 saturated carbocycles. The van der Waals surface area contributed by atoms with E-state index in [1.54, 1.807) is 39.0 Å². The molecule has 0 unspecified atom stereocenters. The molecule has 1 fully saturated rings. The third-order valence-corrected chi connectivity index (χ3v) is 6.24. The molecule has 0 bridgehead atoms. The maximum atomic E-state index is 12.8. The van der Waals surface area contributed by atoms with E-state index in [0.717, 1.165) is 0 Å². The molecule has 0 aliphatic carbocycles. The Morgan fingerprint density at radius 2 is 2.04 bits per heavy atom. The summed E-state index contributed by atoms with van der Waals surface area (Å²) in [6.45, 7) is 5.95. The first-order chi connectivity index (χ1) is 12.0. The number of alkyl carbamates (subject to hydrolysis) is 1.